The Morgan fingerprint density at radius 3 is 2.64 bits per heavy atom. The molecule has 0 spiro atoms. The molecule has 0 aliphatic heterocycles. The van der Waals surface area contributed by atoms with Gasteiger partial charge < -0.3 is 9.90 Å². The van der Waals surface area contributed by atoms with Crippen molar-refractivity contribution in [1.29, 1.82) is 0 Å². The SMILES string of the molecule is CC(C)c1cc2c(cc1O)C1(C=O)CCCC(C)(C)C1CC2. The fourth-order valence-electron chi connectivity index (χ4n) is 5.11. The van der Waals surface area contributed by atoms with Crippen LogP contribution in [-0.2, 0) is 16.6 Å². The van der Waals surface area contributed by atoms with E-state index in [0.717, 1.165) is 36.8 Å². The Labute approximate surface area is 133 Å². The van der Waals surface area contributed by atoms with E-state index < -0.39 is 0 Å². The third kappa shape index (κ3) is 2.11. The van der Waals surface area contributed by atoms with Crippen molar-refractivity contribution < 1.29 is 9.90 Å². The van der Waals surface area contributed by atoms with Crippen molar-refractivity contribution >= 4 is 6.29 Å². The first-order valence-electron chi connectivity index (χ1n) is 8.64. The van der Waals surface area contributed by atoms with Gasteiger partial charge in [0.25, 0.3) is 0 Å². The largest absolute Gasteiger partial charge is 0.508 e. The Bertz CT molecular complexity index is 600. The van der Waals surface area contributed by atoms with E-state index in [-0.39, 0.29) is 10.8 Å². The molecule has 2 atom stereocenters. The van der Waals surface area contributed by atoms with Crippen LogP contribution in [0, 0.1) is 11.3 Å². The number of hydrogen-bond acceptors (Lipinski definition) is 2. The lowest BCUT2D eigenvalue weighted by molar-refractivity contribution is -0.119. The summed E-state index contributed by atoms with van der Waals surface area (Å²) in [7, 11) is 0. The zero-order valence-corrected chi connectivity index (χ0v) is 14.3. The molecule has 2 aliphatic rings. The number of aryl methyl sites for hydroxylation is 1. The van der Waals surface area contributed by atoms with Gasteiger partial charge in [0, 0.05) is 0 Å². The Balaban J connectivity index is 2.18. The Morgan fingerprint density at radius 1 is 1.27 bits per heavy atom. The van der Waals surface area contributed by atoms with Crippen LogP contribution in [0.5, 0.6) is 5.75 Å². The van der Waals surface area contributed by atoms with E-state index >= 15 is 0 Å². The number of hydrogen-bond donors (Lipinski definition) is 1. The topological polar surface area (TPSA) is 37.3 Å². The summed E-state index contributed by atoms with van der Waals surface area (Å²) in [6.07, 6.45) is 6.52. The van der Waals surface area contributed by atoms with Gasteiger partial charge in [-0.05, 0) is 65.7 Å². The van der Waals surface area contributed by atoms with Crippen molar-refractivity contribution in [3.05, 3.63) is 28.8 Å². The maximum atomic E-state index is 12.2. The fourth-order valence-corrected chi connectivity index (χ4v) is 5.11. The van der Waals surface area contributed by atoms with Crippen LogP contribution < -0.4 is 0 Å². The van der Waals surface area contributed by atoms with Gasteiger partial charge in [-0.25, -0.2) is 0 Å². The van der Waals surface area contributed by atoms with E-state index in [1.165, 1.54) is 18.3 Å². The number of aldehydes is 1. The molecule has 0 amide bonds. The summed E-state index contributed by atoms with van der Waals surface area (Å²) >= 11 is 0. The summed E-state index contributed by atoms with van der Waals surface area (Å²) in [4.78, 5) is 12.2. The highest BCUT2D eigenvalue weighted by Gasteiger charge is 2.52. The average Bonchev–Trinajstić information content (AvgIpc) is 2.45. The minimum absolute atomic E-state index is 0.198. The molecular formula is C20H28O2. The second-order valence-corrected chi connectivity index (χ2v) is 8.31. The molecule has 120 valence electrons. The lowest BCUT2D eigenvalue weighted by Gasteiger charge is -2.53. The van der Waals surface area contributed by atoms with Gasteiger partial charge in [-0.1, -0.05) is 40.2 Å². The first-order chi connectivity index (χ1) is 10.3. The highest BCUT2D eigenvalue weighted by molar-refractivity contribution is 5.73. The zero-order valence-electron chi connectivity index (χ0n) is 14.3. The van der Waals surface area contributed by atoms with Crippen molar-refractivity contribution in [1.82, 2.24) is 0 Å². The minimum Gasteiger partial charge on any atom is -0.508 e. The Hall–Kier alpha value is -1.31. The van der Waals surface area contributed by atoms with Crippen LogP contribution in [0.25, 0.3) is 0 Å². The minimum atomic E-state index is -0.387. The lowest BCUT2D eigenvalue weighted by Crippen LogP contribution is -2.50. The van der Waals surface area contributed by atoms with Crippen LogP contribution in [0.1, 0.15) is 76.0 Å². The molecule has 1 N–H and O–H groups in total. The van der Waals surface area contributed by atoms with E-state index in [2.05, 4.69) is 33.8 Å². The second kappa shape index (κ2) is 5.11. The first-order valence-corrected chi connectivity index (χ1v) is 8.64. The quantitative estimate of drug-likeness (QED) is 0.802. The third-order valence-electron chi connectivity index (χ3n) is 6.27. The van der Waals surface area contributed by atoms with Crippen LogP contribution in [0.3, 0.4) is 0 Å². The molecule has 2 heteroatoms. The third-order valence-corrected chi connectivity index (χ3v) is 6.27. The molecular weight excluding hydrogens is 272 g/mol. The van der Waals surface area contributed by atoms with Gasteiger partial charge in [-0.3, -0.25) is 0 Å². The maximum absolute atomic E-state index is 12.2. The Kier molecular flexibility index (Phi) is 3.62. The average molecular weight is 300 g/mol. The van der Waals surface area contributed by atoms with Crippen LogP contribution in [-0.4, -0.2) is 11.4 Å². The highest BCUT2D eigenvalue weighted by atomic mass is 16.3. The van der Waals surface area contributed by atoms with E-state index in [1.807, 2.05) is 6.07 Å². The van der Waals surface area contributed by atoms with Gasteiger partial charge in [0.05, 0.1) is 5.41 Å². The number of phenols is 1. The van der Waals surface area contributed by atoms with Gasteiger partial charge in [0.2, 0.25) is 0 Å². The summed E-state index contributed by atoms with van der Waals surface area (Å²) in [5.74, 6) is 1.06. The van der Waals surface area contributed by atoms with E-state index in [9.17, 15) is 9.90 Å². The molecule has 2 nitrogen and oxygen atoms in total. The predicted molar refractivity (Wildman–Crippen MR) is 89.4 cm³/mol. The van der Waals surface area contributed by atoms with Crippen LogP contribution >= 0.6 is 0 Å². The highest BCUT2D eigenvalue weighted by Crippen LogP contribution is 2.57. The number of rotatable bonds is 2. The van der Waals surface area contributed by atoms with Gasteiger partial charge in [-0.15, -0.1) is 0 Å². The number of fused-ring (bicyclic) bond motifs is 3. The molecule has 1 fully saturated rings. The van der Waals surface area contributed by atoms with Crippen molar-refractivity contribution in [2.45, 2.75) is 71.1 Å². The summed E-state index contributed by atoms with van der Waals surface area (Å²) in [5.41, 5.74) is 3.20. The van der Waals surface area contributed by atoms with Gasteiger partial charge in [-0.2, -0.15) is 0 Å². The molecule has 1 saturated carbocycles. The molecule has 0 bridgehead atoms. The number of benzene rings is 1. The fraction of sp³-hybridized carbons (Fsp3) is 0.650. The molecule has 2 unspecified atom stereocenters. The van der Waals surface area contributed by atoms with E-state index in [4.69, 9.17) is 0 Å². The molecule has 2 aliphatic carbocycles. The molecule has 0 heterocycles. The summed E-state index contributed by atoms with van der Waals surface area (Å²) < 4.78 is 0. The zero-order chi connectivity index (χ0) is 16.1. The van der Waals surface area contributed by atoms with E-state index in [0.29, 0.717) is 17.6 Å². The number of carbonyl (C=O) groups excluding carboxylic acids is 1. The smallest absolute Gasteiger partial charge is 0.130 e. The maximum Gasteiger partial charge on any atom is 0.130 e. The van der Waals surface area contributed by atoms with Crippen LogP contribution in [0.15, 0.2) is 12.1 Å². The van der Waals surface area contributed by atoms with Gasteiger partial charge >= 0.3 is 0 Å². The number of carbonyl (C=O) groups is 1. The lowest BCUT2D eigenvalue weighted by atomic mass is 9.50. The molecule has 22 heavy (non-hydrogen) atoms. The molecule has 1 aromatic carbocycles. The standard InChI is InChI=1S/C20H28O2/c1-13(2)15-10-14-6-7-18-19(3,4)8-5-9-20(18,12-21)16(14)11-17(15)22/h10-13,18,22H,5-9H2,1-4H3. The summed E-state index contributed by atoms with van der Waals surface area (Å²) in [6.45, 7) is 8.82. The van der Waals surface area contributed by atoms with Crippen molar-refractivity contribution in [3.8, 4) is 5.75 Å². The molecule has 0 aromatic heterocycles. The van der Waals surface area contributed by atoms with Crippen LogP contribution in [0.4, 0.5) is 0 Å². The number of aromatic hydroxyl groups is 1. The molecule has 3 rings (SSSR count). The van der Waals surface area contributed by atoms with Gasteiger partial charge in [0.1, 0.15) is 12.0 Å². The number of phenolic OH excluding ortho intramolecular Hbond substituents is 1. The molecule has 0 radical (unpaired) electrons. The summed E-state index contributed by atoms with van der Waals surface area (Å²) in [6, 6.07) is 4.06. The van der Waals surface area contributed by atoms with Crippen LogP contribution in [0.2, 0.25) is 0 Å². The molecule has 0 saturated heterocycles. The Morgan fingerprint density at radius 2 is 2.00 bits per heavy atom. The van der Waals surface area contributed by atoms with E-state index in [1.54, 1.807) is 0 Å². The van der Waals surface area contributed by atoms with Gasteiger partial charge in [0.15, 0.2) is 0 Å². The second-order valence-electron chi connectivity index (χ2n) is 8.31. The van der Waals surface area contributed by atoms with Crippen molar-refractivity contribution in [2.75, 3.05) is 0 Å². The van der Waals surface area contributed by atoms with Crippen molar-refractivity contribution in [2.24, 2.45) is 11.3 Å². The monoisotopic (exact) mass is 300 g/mol. The summed E-state index contributed by atoms with van der Waals surface area (Å²) in [5, 5.41) is 10.5. The first kappa shape index (κ1) is 15.6. The normalized spacial score (nSPS) is 29.8. The van der Waals surface area contributed by atoms with Crippen molar-refractivity contribution in [3.63, 3.8) is 0 Å². The molecule has 1 aromatic rings. The predicted octanol–water partition coefficient (Wildman–Crippen LogP) is 4.72.